The van der Waals surface area contributed by atoms with Crippen LogP contribution in [-0.4, -0.2) is 29.2 Å². The van der Waals surface area contributed by atoms with E-state index in [0.717, 1.165) is 36.5 Å². The van der Waals surface area contributed by atoms with Crippen LogP contribution in [0.2, 0.25) is 0 Å². The Morgan fingerprint density at radius 2 is 2.00 bits per heavy atom. The lowest BCUT2D eigenvalue weighted by Gasteiger charge is -2.17. The van der Waals surface area contributed by atoms with E-state index in [4.69, 9.17) is 0 Å². The van der Waals surface area contributed by atoms with E-state index < -0.39 is 0 Å². The number of aldehydes is 1. The fourth-order valence-electron chi connectivity index (χ4n) is 2.10. The summed E-state index contributed by atoms with van der Waals surface area (Å²) in [5.41, 5.74) is 1.57. The zero-order valence-corrected chi connectivity index (χ0v) is 8.66. The van der Waals surface area contributed by atoms with Crippen LogP contribution in [0.1, 0.15) is 28.9 Å². The quantitative estimate of drug-likeness (QED) is 0.661. The largest absolute Gasteiger partial charge is 0.356 e. The maximum absolute atomic E-state index is 10.9. The molecule has 76 valence electrons. The van der Waals surface area contributed by atoms with Crippen molar-refractivity contribution in [2.75, 3.05) is 18.0 Å². The number of hydrogen-bond donors (Lipinski definition) is 0. The second-order valence-corrected chi connectivity index (χ2v) is 3.76. The standard InChI is InChI=1S/C10H15N3O/c1-8-9(7-14)10(12(2)11-8)13-5-3-4-6-13/h7H,3-6H2,1-2H3. The molecule has 0 bridgehead atoms. The Hall–Kier alpha value is -1.32. The topological polar surface area (TPSA) is 38.1 Å². The molecule has 2 rings (SSSR count). The van der Waals surface area contributed by atoms with Gasteiger partial charge in [-0.05, 0) is 19.8 Å². The molecule has 1 aliphatic rings. The van der Waals surface area contributed by atoms with Gasteiger partial charge in [-0.15, -0.1) is 0 Å². The third-order valence-electron chi connectivity index (χ3n) is 2.76. The summed E-state index contributed by atoms with van der Waals surface area (Å²) in [4.78, 5) is 13.2. The van der Waals surface area contributed by atoms with Crippen molar-refractivity contribution in [2.24, 2.45) is 7.05 Å². The maximum atomic E-state index is 10.9. The molecule has 0 aliphatic carbocycles. The molecule has 0 spiro atoms. The van der Waals surface area contributed by atoms with Crippen molar-refractivity contribution >= 4 is 12.1 Å². The van der Waals surface area contributed by atoms with Crippen molar-refractivity contribution in [3.05, 3.63) is 11.3 Å². The monoisotopic (exact) mass is 193 g/mol. The molecular weight excluding hydrogens is 178 g/mol. The highest BCUT2D eigenvalue weighted by molar-refractivity contribution is 5.84. The molecule has 14 heavy (non-hydrogen) atoms. The molecule has 0 amide bonds. The Labute approximate surface area is 83.5 Å². The molecule has 0 atom stereocenters. The lowest BCUT2D eigenvalue weighted by molar-refractivity contribution is 0.112. The van der Waals surface area contributed by atoms with Crippen LogP contribution in [0.3, 0.4) is 0 Å². The van der Waals surface area contributed by atoms with E-state index in [0.29, 0.717) is 0 Å². The first-order chi connectivity index (χ1) is 6.74. The number of anilines is 1. The van der Waals surface area contributed by atoms with Gasteiger partial charge >= 0.3 is 0 Å². The molecule has 4 heteroatoms. The predicted octanol–water partition coefficient (Wildman–Crippen LogP) is 1.14. The summed E-state index contributed by atoms with van der Waals surface area (Å²) in [6.45, 7) is 3.96. The van der Waals surface area contributed by atoms with Gasteiger partial charge in [0.25, 0.3) is 0 Å². The van der Waals surface area contributed by atoms with Crippen molar-refractivity contribution in [3.8, 4) is 0 Å². The van der Waals surface area contributed by atoms with Crippen molar-refractivity contribution in [2.45, 2.75) is 19.8 Å². The molecule has 0 radical (unpaired) electrons. The molecule has 1 aromatic heterocycles. The van der Waals surface area contributed by atoms with Gasteiger partial charge in [-0.2, -0.15) is 5.10 Å². The van der Waals surface area contributed by atoms with Gasteiger partial charge in [0.05, 0.1) is 11.3 Å². The molecule has 1 aromatic rings. The summed E-state index contributed by atoms with van der Waals surface area (Å²) in [6, 6.07) is 0. The number of carbonyl (C=O) groups is 1. The van der Waals surface area contributed by atoms with Crippen LogP contribution in [0.25, 0.3) is 0 Å². The third-order valence-corrected chi connectivity index (χ3v) is 2.76. The minimum Gasteiger partial charge on any atom is -0.356 e. The van der Waals surface area contributed by atoms with E-state index in [9.17, 15) is 4.79 Å². The first-order valence-electron chi connectivity index (χ1n) is 4.97. The van der Waals surface area contributed by atoms with Crippen molar-refractivity contribution in [1.82, 2.24) is 9.78 Å². The van der Waals surface area contributed by atoms with Gasteiger partial charge < -0.3 is 4.90 Å². The van der Waals surface area contributed by atoms with Gasteiger partial charge in [0, 0.05) is 20.1 Å². The third kappa shape index (κ3) is 1.31. The molecule has 0 unspecified atom stereocenters. The van der Waals surface area contributed by atoms with Gasteiger partial charge in [0.15, 0.2) is 6.29 Å². The second kappa shape index (κ2) is 3.44. The van der Waals surface area contributed by atoms with Crippen LogP contribution in [0.5, 0.6) is 0 Å². The van der Waals surface area contributed by atoms with Crippen molar-refractivity contribution in [1.29, 1.82) is 0 Å². The summed E-state index contributed by atoms with van der Waals surface area (Å²) in [6.07, 6.45) is 3.33. The minimum atomic E-state index is 0.745. The fourth-order valence-corrected chi connectivity index (χ4v) is 2.10. The van der Waals surface area contributed by atoms with E-state index in [-0.39, 0.29) is 0 Å². The highest BCUT2D eigenvalue weighted by atomic mass is 16.1. The predicted molar refractivity (Wildman–Crippen MR) is 54.8 cm³/mol. The van der Waals surface area contributed by atoms with E-state index in [1.54, 1.807) is 0 Å². The average molecular weight is 193 g/mol. The number of aromatic nitrogens is 2. The SMILES string of the molecule is Cc1nn(C)c(N2CCCC2)c1C=O. The molecule has 4 nitrogen and oxygen atoms in total. The van der Waals surface area contributed by atoms with E-state index in [1.807, 2.05) is 18.7 Å². The van der Waals surface area contributed by atoms with Crippen molar-refractivity contribution < 1.29 is 4.79 Å². The van der Waals surface area contributed by atoms with Crippen LogP contribution in [-0.2, 0) is 7.05 Å². The summed E-state index contributed by atoms with van der Waals surface area (Å²) in [5.74, 6) is 0.981. The lowest BCUT2D eigenvalue weighted by atomic mass is 10.2. The molecule has 0 saturated carbocycles. The van der Waals surface area contributed by atoms with Crippen LogP contribution >= 0.6 is 0 Å². The molecule has 2 heterocycles. The number of carbonyl (C=O) groups excluding carboxylic acids is 1. The smallest absolute Gasteiger partial charge is 0.155 e. The van der Waals surface area contributed by atoms with E-state index in [2.05, 4.69) is 10.00 Å². The summed E-state index contributed by atoms with van der Waals surface area (Å²) < 4.78 is 1.81. The molecule has 1 saturated heterocycles. The molecule has 0 aromatic carbocycles. The zero-order chi connectivity index (χ0) is 10.1. The average Bonchev–Trinajstić information content (AvgIpc) is 2.72. The van der Waals surface area contributed by atoms with Crippen LogP contribution in [0, 0.1) is 6.92 Å². The molecular formula is C10H15N3O. The number of aryl methyl sites for hydroxylation is 2. The van der Waals surface area contributed by atoms with Crippen LogP contribution in [0.15, 0.2) is 0 Å². The first kappa shape index (κ1) is 9.24. The summed E-state index contributed by atoms with van der Waals surface area (Å²) in [7, 11) is 1.90. The van der Waals surface area contributed by atoms with E-state index in [1.165, 1.54) is 12.8 Å². The van der Waals surface area contributed by atoms with Crippen LogP contribution < -0.4 is 4.90 Å². The van der Waals surface area contributed by atoms with Gasteiger partial charge in [-0.1, -0.05) is 0 Å². The van der Waals surface area contributed by atoms with E-state index >= 15 is 0 Å². The summed E-state index contributed by atoms with van der Waals surface area (Å²) >= 11 is 0. The minimum absolute atomic E-state index is 0.745. The molecule has 1 fully saturated rings. The number of nitrogens with zero attached hydrogens (tertiary/aromatic N) is 3. The Bertz CT molecular complexity index is 350. The van der Waals surface area contributed by atoms with Crippen LogP contribution in [0.4, 0.5) is 5.82 Å². The van der Waals surface area contributed by atoms with Gasteiger partial charge in [-0.3, -0.25) is 9.48 Å². The zero-order valence-electron chi connectivity index (χ0n) is 8.66. The summed E-state index contributed by atoms with van der Waals surface area (Å²) in [5, 5.41) is 4.27. The normalized spacial score (nSPS) is 16.3. The second-order valence-electron chi connectivity index (χ2n) is 3.76. The van der Waals surface area contributed by atoms with Gasteiger partial charge in [0.1, 0.15) is 5.82 Å². The van der Waals surface area contributed by atoms with Gasteiger partial charge in [0.2, 0.25) is 0 Å². The molecule has 1 aliphatic heterocycles. The molecule has 0 N–H and O–H groups in total. The fraction of sp³-hybridized carbons (Fsp3) is 0.600. The number of hydrogen-bond acceptors (Lipinski definition) is 3. The lowest BCUT2D eigenvalue weighted by Crippen LogP contribution is -2.21. The Morgan fingerprint density at radius 1 is 1.36 bits per heavy atom. The Morgan fingerprint density at radius 3 is 2.57 bits per heavy atom. The Kier molecular flexibility index (Phi) is 2.27. The van der Waals surface area contributed by atoms with Crippen molar-refractivity contribution in [3.63, 3.8) is 0 Å². The number of rotatable bonds is 2. The highest BCUT2D eigenvalue weighted by Gasteiger charge is 2.21. The van der Waals surface area contributed by atoms with Gasteiger partial charge in [-0.25, -0.2) is 0 Å². The first-order valence-corrected chi connectivity index (χ1v) is 4.97. The maximum Gasteiger partial charge on any atom is 0.155 e. The highest BCUT2D eigenvalue weighted by Crippen LogP contribution is 2.24. The Balaban J connectivity index is 2.43.